The molecule has 3 rings (SSSR count). The van der Waals surface area contributed by atoms with Gasteiger partial charge in [0.15, 0.2) is 0 Å². The number of hydrogen-bond donors (Lipinski definition) is 2. The molecule has 4 heteroatoms. The topological polar surface area (TPSA) is 56.3 Å². The standard InChI is InChI=1S/C14H16N2O2/c17-9-10-4-3-7-16(10)14(18)12-8-15-13-6-2-1-5-11(12)13/h1-2,5-6,8,10,15,17H,3-4,7,9H2/t10-/m1/s1. The number of carbonyl (C=O) groups is 1. The van der Waals surface area contributed by atoms with E-state index in [-0.39, 0.29) is 18.6 Å². The molecule has 1 aromatic heterocycles. The molecule has 0 spiro atoms. The highest BCUT2D eigenvalue weighted by molar-refractivity contribution is 6.06. The van der Waals surface area contributed by atoms with Crippen molar-refractivity contribution in [1.29, 1.82) is 0 Å². The first kappa shape index (κ1) is 11.3. The lowest BCUT2D eigenvalue weighted by atomic mass is 10.1. The Balaban J connectivity index is 1.97. The van der Waals surface area contributed by atoms with Crippen molar-refractivity contribution in [3.05, 3.63) is 36.0 Å². The Kier molecular flexibility index (Phi) is 2.80. The summed E-state index contributed by atoms with van der Waals surface area (Å²) < 4.78 is 0. The van der Waals surface area contributed by atoms with Crippen LogP contribution in [0.2, 0.25) is 0 Å². The van der Waals surface area contributed by atoms with Gasteiger partial charge in [0.1, 0.15) is 0 Å². The number of aromatic amines is 1. The smallest absolute Gasteiger partial charge is 0.256 e. The van der Waals surface area contributed by atoms with Crippen LogP contribution in [0.4, 0.5) is 0 Å². The van der Waals surface area contributed by atoms with Crippen LogP contribution in [-0.2, 0) is 0 Å². The van der Waals surface area contributed by atoms with E-state index in [4.69, 9.17) is 0 Å². The minimum absolute atomic E-state index is 0.0176. The Morgan fingerprint density at radius 3 is 3.11 bits per heavy atom. The monoisotopic (exact) mass is 244 g/mol. The molecule has 0 radical (unpaired) electrons. The highest BCUT2D eigenvalue weighted by Gasteiger charge is 2.29. The molecule has 4 nitrogen and oxygen atoms in total. The van der Waals surface area contributed by atoms with Crippen molar-refractivity contribution in [3.63, 3.8) is 0 Å². The lowest BCUT2D eigenvalue weighted by Crippen LogP contribution is -2.37. The van der Waals surface area contributed by atoms with E-state index >= 15 is 0 Å². The molecule has 0 aliphatic carbocycles. The molecule has 1 amide bonds. The third-order valence-electron chi connectivity index (χ3n) is 3.67. The first-order chi connectivity index (χ1) is 8.81. The minimum Gasteiger partial charge on any atom is -0.394 e. The quantitative estimate of drug-likeness (QED) is 0.845. The molecule has 1 atom stereocenters. The maximum absolute atomic E-state index is 12.5. The number of nitrogens with zero attached hydrogens (tertiary/aromatic N) is 1. The zero-order valence-corrected chi connectivity index (χ0v) is 10.1. The van der Waals surface area contributed by atoms with Crippen LogP contribution < -0.4 is 0 Å². The average molecular weight is 244 g/mol. The van der Waals surface area contributed by atoms with Gasteiger partial charge in [0.25, 0.3) is 5.91 Å². The summed E-state index contributed by atoms with van der Waals surface area (Å²) in [5.41, 5.74) is 1.67. The molecular formula is C14H16N2O2. The van der Waals surface area contributed by atoms with Crippen LogP contribution in [0.3, 0.4) is 0 Å². The fraction of sp³-hybridized carbons (Fsp3) is 0.357. The summed E-state index contributed by atoms with van der Waals surface area (Å²) in [6.07, 6.45) is 3.63. The van der Waals surface area contributed by atoms with Crippen LogP contribution in [0.5, 0.6) is 0 Å². The summed E-state index contributed by atoms with van der Waals surface area (Å²) in [5.74, 6) is 0.0176. The van der Waals surface area contributed by atoms with Gasteiger partial charge in [-0.25, -0.2) is 0 Å². The largest absolute Gasteiger partial charge is 0.394 e. The van der Waals surface area contributed by atoms with Crippen molar-refractivity contribution in [1.82, 2.24) is 9.88 Å². The maximum atomic E-state index is 12.5. The van der Waals surface area contributed by atoms with Gasteiger partial charge in [-0.05, 0) is 18.9 Å². The first-order valence-electron chi connectivity index (χ1n) is 6.29. The number of carbonyl (C=O) groups excluding carboxylic acids is 1. The van der Waals surface area contributed by atoms with E-state index in [1.807, 2.05) is 24.3 Å². The highest BCUT2D eigenvalue weighted by Crippen LogP contribution is 2.24. The van der Waals surface area contributed by atoms with Crippen LogP contribution in [0.15, 0.2) is 30.5 Å². The third kappa shape index (κ3) is 1.69. The molecule has 1 aliphatic heterocycles. The Labute approximate surface area is 105 Å². The van der Waals surface area contributed by atoms with E-state index in [2.05, 4.69) is 4.98 Å². The predicted molar refractivity (Wildman–Crippen MR) is 69.4 cm³/mol. The summed E-state index contributed by atoms with van der Waals surface area (Å²) in [5, 5.41) is 10.2. The molecule has 1 saturated heterocycles. The van der Waals surface area contributed by atoms with Gasteiger partial charge in [0.05, 0.1) is 18.2 Å². The SMILES string of the molecule is O=C(c1c[nH]c2ccccc12)N1CCC[C@@H]1CO. The number of para-hydroxylation sites is 1. The molecule has 1 aromatic carbocycles. The van der Waals surface area contributed by atoms with Gasteiger partial charge in [-0.2, -0.15) is 0 Å². The number of likely N-dealkylation sites (tertiary alicyclic amines) is 1. The number of aliphatic hydroxyl groups excluding tert-OH is 1. The Morgan fingerprint density at radius 1 is 1.44 bits per heavy atom. The van der Waals surface area contributed by atoms with Gasteiger partial charge in [-0.1, -0.05) is 18.2 Å². The first-order valence-corrected chi connectivity index (χ1v) is 6.29. The molecule has 2 N–H and O–H groups in total. The number of rotatable bonds is 2. The van der Waals surface area contributed by atoms with E-state index in [0.717, 1.165) is 30.3 Å². The summed E-state index contributed by atoms with van der Waals surface area (Å²) in [6, 6.07) is 7.76. The van der Waals surface area contributed by atoms with Gasteiger partial charge in [-0.15, -0.1) is 0 Å². The fourth-order valence-electron chi connectivity index (χ4n) is 2.70. The summed E-state index contributed by atoms with van der Waals surface area (Å²) >= 11 is 0. The summed E-state index contributed by atoms with van der Waals surface area (Å²) in [6.45, 7) is 0.789. The number of nitrogens with one attached hydrogen (secondary N) is 1. The maximum Gasteiger partial charge on any atom is 0.256 e. The lowest BCUT2D eigenvalue weighted by molar-refractivity contribution is 0.0679. The predicted octanol–water partition coefficient (Wildman–Crippen LogP) is 1.76. The molecular weight excluding hydrogens is 228 g/mol. The Morgan fingerprint density at radius 2 is 2.28 bits per heavy atom. The molecule has 0 saturated carbocycles. The fourth-order valence-corrected chi connectivity index (χ4v) is 2.70. The molecule has 0 unspecified atom stereocenters. The third-order valence-corrected chi connectivity index (χ3v) is 3.67. The number of amides is 1. The lowest BCUT2D eigenvalue weighted by Gasteiger charge is -2.22. The van der Waals surface area contributed by atoms with E-state index in [1.54, 1.807) is 11.1 Å². The average Bonchev–Trinajstić information content (AvgIpc) is 3.04. The van der Waals surface area contributed by atoms with Crippen LogP contribution >= 0.6 is 0 Å². The number of benzene rings is 1. The highest BCUT2D eigenvalue weighted by atomic mass is 16.3. The van der Waals surface area contributed by atoms with Crippen molar-refractivity contribution in [3.8, 4) is 0 Å². The second-order valence-electron chi connectivity index (χ2n) is 4.73. The summed E-state index contributed by atoms with van der Waals surface area (Å²) in [4.78, 5) is 17.4. The molecule has 1 fully saturated rings. The number of aliphatic hydroxyl groups is 1. The normalized spacial score (nSPS) is 19.6. The van der Waals surface area contributed by atoms with Crippen LogP contribution in [0.25, 0.3) is 10.9 Å². The molecule has 0 bridgehead atoms. The molecule has 1 aliphatic rings. The van der Waals surface area contributed by atoms with E-state index in [9.17, 15) is 9.90 Å². The molecule has 94 valence electrons. The number of hydrogen-bond acceptors (Lipinski definition) is 2. The minimum atomic E-state index is -0.0221. The van der Waals surface area contributed by atoms with Crippen molar-refractivity contribution in [2.24, 2.45) is 0 Å². The van der Waals surface area contributed by atoms with Crippen LogP contribution in [-0.4, -0.2) is 40.1 Å². The second kappa shape index (κ2) is 4.46. The van der Waals surface area contributed by atoms with Crippen molar-refractivity contribution in [2.45, 2.75) is 18.9 Å². The zero-order valence-electron chi connectivity index (χ0n) is 10.1. The molecule has 2 heterocycles. The van der Waals surface area contributed by atoms with Crippen molar-refractivity contribution < 1.29 is 9.90 Å². The van der Waals surface area contributed by atoms with Crippen molar-refractivity contribution in [2.75, 3.05) is 13.2 Å². The van der Waals surface area contributed by atoms with Gasteiger partial charge in [0.2, 0.25) is 0 Å². The zero-order chi connectivity index (χ0) is 12.5. The second-order valence-corrected chi connectivity index (χ2v) is 4.73. The van der Waals surface area contributed by atoms with Gasteiger partial charge >= 0.3 is 0 Å². The van der Waals surface area contributed by atoms with Crippen LogP contribution in [0, 0.1) is 0 Å². The number of aromatic nitrogens is 1. The Bertz CT molecular complexity index is 576. The number of fused-ring (bicyclic) bond motifs is 1. The number of H-pyrrole nitrogens is 1. The van der Waals surface area contributed by atoms with Gasteiger partial charge < -0.3 is 15.0 Å². The molecule has 18 heavy (non-hydrogen) atoms. The van der Waals surface area contributed by atoms with E-state index in [1.165, 1.54) is 0 Å². The van der Waals surface area contributed by atoms with Gasteiger partial charge in [0, 0.05) is 23.6 Å². The van der Waals surface area contributed by atoms with E-state index < -0.39 is 0 Å². The van der Waals surface area contributed by atoms with Crippen LogP contribution in [0.1, 0.15) is 23.2 Å². The van der Waals surface area contributed by atoms with Gasteiger partial charge in [-0.3, -0.25) is 4.79 Å². The van der Waals surface area contributed by atoms with Crippen molar-refractivity contribution >= 4 is 16.8 Å². The Hall–Kier alpha value is -1.81. The molecule has 2 aromatic rings. The van der Waals surface area contributed by atoms with E-state index in [0.29, 0.717) is 5.56 Å². The summed E-state index contributed by atoms with van der Waals surface area (Å²) in [7, 11) is 0.